The van der Waals surface area contributed by atoms with Gasteiger partial charge in [-0.25, -0.2) is 23.4 Å². The lowest BCUT2D eigenvalue weighted by atomic mass is 10.3. The lowest BCUT2D eigenvalue weighted by Gasteiger charge is -2.15. The summed E-state index contributed by atoms with van der Waals surface area (Å²) in [6.45, 7) is 6.28. The second kappa shape index (κ2) is 7.12. The molecule has 2 rings (SSSR count). The Kier molecular flexibility index (Phi) is 5.75. The number of benzene rings is 1. The number of nitrogens with one attached hydrogen (secondary N) is 1. The molecule has 0 aliphatic heterocycles. The fourth-order valence-electron chi connectivity index (χ4n) is 2.10. The molecule has 0 heterocycles. The molecule has 24 heavy (non-hydrogen) atoms. The Labute approximate surface area is 144 Å². The summed E-state index contributed by atoms with van der Waals surface area (Å²) in [5.74, 6) is -0.0512. The fraction of sp³-hybridized carbons (Fsp3) is 0.571. The van der Waals surface area contributed by atoms with Crippen molar-refractivity contribution in [2.24, 2.45) is 3.77 Å². The third kappa shape index (κ3) is 5.28. The summed E-state index contributed by atoms with van der Waals surface area (Å²) >= 11 is 0. The van der Waals surface area contributed by atoms with E-state index in [1.165, 1.54) is 0 Å². The molecule has 0 amide bonds. The van der Waals surface area contributed by atoms with Gasteiger partial charge in [0.2, 0.25) is 0 Å². The van der Waals surface area contributed by atoms with Crippen molar-refractivity contribution >= 4 is 33.5 Å². The van der Waals surface area contributed by atoms with Crippen LogP contribution in [-0.2, 0) is 24.7 Å². The minimum absolute atomic E-state index is 0.0512. The Hall–Kier alpha value is -0.943. The molecule has 0 aromatic heterocycles. The molecule has 2 N–H and O–H groups in total. The molecule has 1 aliphatic rings. The SMILES string of the molecule is C[Si](C)(C)CCS(=O)(=O)N=S(=O)(c1ccc(NOO)cc1)C1CC1. The molecule has 0 radical (unpaired) electrons. The van der Waals surface area contributed by atoms with Crippen LogP contribution in [0, 0.1) is 0 Å². The summed E-state index contributed by atoms with van der Waals surface area (Å²) in [4.78, 5) is 4.21. The predicted molar refractivity (Wildman–Crippen MR) is 97.6 cm³/mol. The molecule has 1 fully saturated rings. The Balaban J connectivity index is 2.35. The van der Waals surface area contributed by atoms with E-state index in [4.69, 9.17) is 5.26 Å². The molecule has 1 aromatic carbocycles. The zero-order chi connectivity index (χ0) is 18.0. The Morgan fingerprint density at radius 1 is 1.21 bits per heavy atom. The van der Waals surface area contributed by atoms with Gasteiger partial charge in [-0.15, -0.1) is 8.76 Å². The zero-order valence-electron chi connectivity index (χ0n) is 14.1. The van der Waals surface area contributed by atoms with Crippen LogP contribution >= 0.6 is 0 Å². The molecule has 0 spiro atoms. The summed E-state index contributed by atoms with van der Waals surface area (Å²) in [5.41, 5.74) is 2.69. The van der Waals surface area contributed by atoms with Crippen LogP contribution in [0.4, 0.5) is 5.69 Å². The molecule has 1 aliphatic carbocycles. The van der Waals surface area contributed by atoms with Gasteiger partial charge in [-0.05, 0) is 43.2 Å². The van der Waals surface area contributed by atoms with Crippen molar-refractivity contribution in [3.63, 3.8) is 0 Å². The summed E-state index contributed by atoms with van der Waals surface area (Å²) in [5, 5.41) is 8.15. The number of sulfonamides is 1. The maximum atomic E-state index is 13.3. The Bertz CT molecular complexity index is 789. The highest BCUT2D eigenvalue weighted by Gasteiger charge is 2.37. The van der Waals surface area contributed by atoms with Crippen LogP contribution in [0.25, 0.3) is 0 Å². The van der Waals surface area contributed by atoms with Gasteiger partial charge in [0, 0.05) is 18.2 Å². The average Bonchev–Trinajstić information content (AvgIpc) is 3.30. The smallest absolute Gasteiger partial charge is 0.243 e. The van der Waals surface area contributed by atoms with E-state index in [0.29, 0.717) is 29.5 Å². The minimum atomic E-state index is -3.74. The van der Waals surface area contributed by atoms with Gasteiger partial charge >= 0.3 is 0 Å². The van der Waals surface area contributed by atoms with Crippen LogP contribution in [0.2, 0.25) is 25.7 Å². The molecule has 0 bridgehead atoms. The first kappa shape index (κ1) is 19.4. The topological polar surface area (TPSA) is 105 Å². The predicted octanol–water partition coefficient (Wildman–Crippen LogP) is 3.16. The van der Waals surface area contributed by atoms with Gasteiger partial charge in [0.25, 0.3) is 10.0 Å². The molecule has 1 aromatic rings. The van der Waals surface area contributed by atoms with Crippen molar-refractivity contribution in [3.8, 4) is 0 Å². The van der Waals surface area contributed by atoms with E-state index in [2.05, 4.69) is 33.9 Å². The maximum absolute atomic E-state index is 13.3. The van der Waals surface area contributed by atoms with E-state index in [9.17, 15) is 12.6 Å². The summed E-state index contributed by atoms with van der Waals surface area (Å²) in [7, 11) is -8.28. The second-order valence-electron chi connectivity index (χ2n) is 7.16. The molecule has 1 atom stereocenters. The van der Waals surface area contributed by atoms with Gasteiger partial charge in [-0.2, -0.15) is 0 Å². The van der Waals surface area contributed by atoms with Gasteiger partial charge < -0.3 is 0 Å². The largest absolute Gasteiger partial charge is 0.260 e. The second-order valence-corrected chi connectivity index (χ2v) is 17.2. The summed E-state index contributed by atoms with van der Waals surface area (Å²) in [6.07, 6.45) is 1.43. The van der Waals surface area contributed by atoms with Gasteiger partial charge in [0.05, 0.1) is 21.2 Å². The van der Waals surface area contributed by atoms with Crippen molar-refractivity contribution in [2.75, 3.05) is 11.2 Å². The highest BCUT2D eigenvalue weighted by Crippen LogP contribution is 2.36. The third-order valence-corrected chi connectivity index (χ3v) is 10.6. The van der Waals surface area contributed by atoms with Gasteiger partial charge in [-0.1, -0.05) is 19.6 Å². The standard InChI is InChI=1S/C14H24N2O5S2Si/c1-24(2,3)11-10-22(18,19)16-23(20,14-8-9-14)13-6-4-12(5-7-13)15-21-17/h4-7,14-15,17H,8-11H2,1-3H3. The first-order chi connectivity index (χ1) is 11.1. The fourth-order valence-corrected chi connectivity index (χ4v) is 9.74. The van der Waals surface area contributed by atoms with Crippen molar-refractivity contribution in [3.05, 3.63) is 24.3 Å². The van der Waals surface area contributed by atoms with Crippen LogP contribution in [0.5, 0.6) is 0 Å². The number of nitrogens with zero attached hydrogens (tertiary/aromatic N) is 1. The van der Waals surface area contributed by atoms with Crippen LogP contribution in [-0.4, -0.2) is 37.0 Å². The van der Waals surface area contributed by atoms with Crippen LogP contribution in [0.3, 0.4) is 0 Å². The van der Waals surface area contributed by atoms with Crippen LogP contribution in [0.1, 0.15) is 12.8 Å². The number of rotatable bonds is 8. The maximum Gasteiger partial charge on any atom is 0.260 e. The highest BCUT2D eigenvalue weighted by atomic mass is 32.3. The average molecular weight is 393 g/mol. The third-order valence-electron chi connectivity index (χ3n) is 3.67. The van der Waals surface area contributed by atoms with Crippen molar-refractivity contribution < 1.29 is 22.9 Å². The van der Waals surface area contributed by atoms with Gasteiger partial charge in [-0.3, -0.25) is 0 Å². The lowest BCUT2D eigenvalue weighted by molar-refractivity contribution is -0.215. The molecule has 10 heteroatoms. The highest BCUT2D eigenvalue weighted by molar-refractivity contribution is 8.03. The van der Waals surface area contributed by atoms with Crippen molar-refractivity contribution in [1.82, 2.24) is 0 Å². The molecule has 136 valence electrons. The summed E-state index contributed by atoms with van der Waals surface area (Å²) < 4.78 is 42.0. The van der Waals surface area contributed by atoms with E-state index in [1.807, 2.05) is 0 Å². The molecular weight excluding hydrogens is 368 g/mol. The monoisotopic (exact) mass is 392 g/mol. The first-order valence-corrected chi connectivity index (χ1v) is 14.6. The number of anilines is 1. The molecule has 1 saturated carbocycles. The minimum Gasteiger partial charge on any atom is -0.243 e. The van der Waals surface area contributed by atoms with E-state index >= 15 is 0 Å². The Morgan fingerprint density at radius 2 is 1.79 bits per heavy atom. The van der Waals surface area contributed by atoms with Crippen molar-refractivity contribution in [2.45, 2.75) is 48.7 Å². The zero-order valence-corrected chi connectivity index (χ0v) is 16.7. The normalized spacial score (nSPS) is 18.0. The van der Waals surface area contributed by atoms with Crippen LogP contribution < -0.4 is 5.48 Å². The van der Waals surface area contributed by atoms with E-state index in [-0.39, 0.29) is 11.0 Å². The molecular formula is C14H24N2O5S2Si. The first-order valence-electron chi connectivity index (χ1n) is 7.72. The Morgan fingerprint density at radius 3 is 2.25 bits per heavy atom. The van der Waals surface area contributed by atoms with E-state index in [0.717, 1.165) is 0 Å². The van der Waals surface area contributed by atoms with E-state index in [1.54, 1.807) is 24.3 Å². The molecule has 1 unspecified atom stereocenters. The quantitative estimate of drug-likeness (QED) is 0.400. The molecule has 0 saturated heterocycles. The molecule has 7 nitrogen and oxygen atoms in total. The van der Waals surface area contributed by atoms with Gasteiger partial charge in [0.1, 0.15) is 0 Å². The lowest BCUT2D eigenvalue weighted by Crippen LogP contribution is -2.24. The number of hydrogen-bond acceptors (Lipinski definition) is 6. The summed E-state index contributed by atoms with van der Waals surface area (Å²) in [6, 6.07) is 6.81. The van der Waals surface area contributed by atoms with Crippen molar-refractivity contribution in [1.29, 1.82) is 0 Å². The van der Waals surface area contributed by atoms with E-state index < -0.39 is 27.8 Å². The van der Waals surface area contributed by atoms with Crippen LogP contribution in [0.15, 0.2) is 32.9 Å². The number of hydrogen-bond donors (Lipinski definition) is 2. The van der Waals surface area contributed by atoms with Gasteiger partial charge in [0.15, 0.2) is 0 Å².